The van der Waals surface area contributed by atoms with Crippen molar-refractivity contribution in [2.75, 3.05) is 23.2 Å². The summed E-state index contributed by atoms with van der Waals surface area (Å²) in [6.07, 6.45) is 1.09. The molecule has 1 heterocycles. The first-order valence-corrected chi connectivity index (χ1v) is 7.86. The number of aliphatic hydroxyl groups excluding tert-OH is 1. The molecule has 0 spiro atoms. The highest BCUT2D eigenvalue weighted by molar-refractivity contribution is 7.93. The standard InChI is InChI=1S/C14H17NO3S/c1-12-9-13(5-2-3-7-16)11-14(10-12)15-6-4-8-19(15,17)18/h9-11,16H,3-4,6-8H2,1H3. The quantitative estimate of drug-likeness (QED) is 0.829. The largest absolute Gasteiger partial charge is 0.395 e. The number of hydrogen-bond acceptors (Lipinski definition) is 3. The number of hydrogen-bond donors (Lipinski definition) is 1. The molecule has 1 fully saturated rings. The summed E-state index contributed by atoms with van der Waals surface area (Å²) in [6.45, 7) is 2.49. The summed E-state index contributed by atoms with van der Waals surface area (Å²) < 4.78 is 25.3. The Labute approximate surface area is 114 Å². The van der Waals surface area contributed by atoms with Crippen LogP contribution in [-0.2, 0) is 10.0 Å². The maximum atomic E-state index is 11.9. The number of nitrogens with zero attached hydrogens (tertiary/aromatic N) is 1. The lowest BCUT2D eigenvalue weighted by Gasteiger charge is -2.17. The highest BCUT2D eigenvalue weighted by Gasteiger charge is 2.28. The van der Waals surface area contributed by atoms with Gasteiger partial charge in [-0.25, -0.2) is 8.42 Å². The molecule has 0 radical (unpaired) electrons. The molecule has 0 atom stereocenters. The molecule has 1 aliphatic rings. The summed E-state index contributed by atoms with van der Waals surface area (Å²) >= 11 is 0. The molecule has 1 N–H and O–H groups in total. The molecule has 2 rings (SSSR count). The predicted molar refractivity (Wildman–Crippen MR) is 75.5 cm³/mol. The van der Waals surface area contributed by atoms with Crippen LogP contribution in [0, 0.1) is 18.8 Å². The van der Waals surface area contributed by atoms with E-state index in [2.05, 4.69) is 11.8 Å². The average Bonchev–Trinajstić information content (AvgIpc) is 2.68. The monoisotopic (exact) mass is 279 g/mol. The molecule has 1 aromatic rings. The Morgan fingerprint density at radius 2 is 2.16 bits per heavy atom. The fourth-order valence-corrected chi connectivity index (χ4v) is 3.68. The van der Waals surface area contributed by atoms with Crippen molar-refractivity contribution in [2.45, 2.75) is 19.8 Å². The second-order valence-corrected chi connectivity index (χ2v) is 6.59. The summed E-state index contributed by atoms with van der Waals surface area (Å²) in [5, 5.41) is 8.70. The molecular formula is C14H17NO3S. The van der Waals surface area contributed by atoms with Gasteiger partial charge in [0.25, 0.3) is 0 Å². The highest BCUT2D eigenvalue weighted by atomic mass is 32.2. The van der Waals surface area contributed by atoms with Crippen molar-refractivity contribution < 1.29 is 13.5 Å². The molecule has 0 bridgehead atoms. The fourth-order valence-electron chi connectivity index (χ4n) is 2.13. The van der Waals surface area contributed by atoms with Crippen molar-refractivity contribution in [3.8, 4) is 11.8 Å². The van der Waals surface area contributed by atoms with Crippen molar-refractivity contribution in [1.29, 1.82) is 0 Å². The van der Waals surface area contributed by atoms with Gasteiger partial charge in [0.2, 0.25) is 10.0 Å². The van der Waals surface area contributed by atoms with E-state index < -0.39 is 10.0 Å². The summed E-state index contributed by atoms with van der Waals surface area (Å²) in [7, 11) is -3.15. The zero-order valence-corrected chi connectivity index (χ0v) is 11.7. The van der Waals surface area contributed by atoms with Crippen molar-refractivity contribution in [3.05, 3.63) is 29.3 Å². The van der Waals surface area contributed by atoms with Crippen LogP contribution in [0.25, 0.3) is 0 Å². The van der Waals surface area contributed by atoms with Gasteiger partial charge in [0, 0.05) is 18.5 Å². The van der Waals surface area contributed by atoms with Crippen LogP contribution in [0.1, 0.15) is 24.0 Å². The molecule has 1 aromatic carbocycles. The lowest BCUT2D eigenvalue weighted by molar-refractivity contribution is 0.305. The summed E-state index contributed by atoms with van der Waals surface area (Å²) in [6, 6.07) is 5.57. The Kier molecular flexibility index (Phi) is 4.13. The van der Waals surface area contributed by atoms with Crippen molar-refractivity contribution >= 4 is 15.7 Å². The highest BCUT2D eigenvalue weighted by Crippen LogP contribution is 2.25. The fraction of sp³-hybridized carbons (Fsp3) is 0.429. The predicted octanol–water partition coefficient (Wildman–Crippen LogP) is 1.27. The van der Waals surface area contributed by atoms with Gasteiger partial charge in [-0.2, -0.15) is 0 Å². The molecule has 0 aromatic heterocycles. The zero-order chi connectivity index (χ0) is 13.9. The van der Waals surface area contributed by atoms with E-state index in [1.165, 1.54) is 4.31 Å². The SMILES string of the molecule is Cc1cc(C#CCCO)cc(N2CCCS2(=O)=O)c1. The number of aliphatic hydroxyl groups is 1. The first-order valence-electron chi connectivity index (χ1n) is 6.25. The van der Waals surface area contributed by atoms with E-state index in [4.69, 9.17) is 5.11 Å². The number of sulfonamides is 1. The Hall–Kier alpha value is -1.51. The van der Waals surface area contributed by atoms with Gasteiger partial charge in [0.05, 0.1) is 18.0 Å². The van der Waals surface area contributed by atoms with E-state index in [1.807, 2.05) is 19.1 Å². The molecule has 0 unspecified atom stereocenters. The molecule has 4 nitrogen and oxygen atoms in total. The minimum Gasteiger partial charge on any atom is -0.395 e. The van der Waals surface area contributed by atoms with Gasteiger partial charge in [0.15, 0.2) is 0 Å². The Bertz CT molecular complexity index is 626. The third-order valence-electron chi connectivity index (χ3n) is 2.92. The Balaban J connectivity index is 2.35. The normalized spacial score (nSPS) is 17.1. The van der Waals surface area contributed by atoms with E-state index in [0.717, 1.165) is 11.1 Å². The Morgan fingerprint density at radius 1 is 1.37 bits per heavy atom. The number of anilines is 1. The molecule has 102 valence electrons. The molecule has 0 saturated carbocycles. The lowest BCUT2D eigenvalue weighted by atomic mass is 10.1. The van der Waals surface area contributed by atoms with E-state index in [0.29, 0.717) is 25.1 Å². The summed E-state index contributed by atoms with van der Waals surface area (Å²) in [5.74, 6) is 6.01. The van der Waals surface area contributed by atoms with Crippen LogP contribution in [0.4, 0.5) is 5.69 Å². The first kappa shape index (κ1) is 13.9. The van der Waals surface area contributed by atoms with Crippen LogP contribution in [0.3, 0.4) is 0 Å². The minimum atomic E-state index is -3.15. The smallest absolute Gasteiger partial charge is 0.235 e. The van der Waals surface area contributed by atoms with E-state index >= 15 is 0 Å². The maximum absolute atomic E-state index is 11.9. The van der Waals surface area contributed by atoms with E-state index in [9.17, 15) is 8.42 Å². The molecular weight excluding hydrogens is 262 g/mol. The Morgan fingerprint density at radius 3 is 2.79 bits per heavy atom. The van der Waals surface area contributed by atoms with Crippen LogP contribution in [0.15, 0.2) is 18.2 Å². The molecule has 0 amide bonds. The molecule has 0 aliphatic carbocycles. The summed E-state index contributed by atoms with van der Waals surface area (Å²) in [4.78, 5) is 0. The van der Waals surface area contributed by atoms with E-state index in [1.54, 1.807) is 6.07 Å². The van der Waals surface area contributed by atoms with Gasteiger partial charge in [-0.3, -0.25) is 4.31 Å². The minimum absolute atomic E-state index is 0.0339. The van der Waals surface area contributed by atoms with Gasteiger partial charge in [-0.1, -0.05) is 11.8 Å². The zero-order valence-electron chi connectivity index (χ0n) is 10.9. The third-order valence-corrected chi connectivity index (χ3v) is 4.79. The molecule has 1 saturated heterocycles. The van der Waals surface area contributed by atoms with Gasteiger partial charge in [0.1, 0.15) is 0 Å². The van der Waals surface area contributed by atoms with E-state index in [-0.39, 0.29) is 12.4 Å². The van der Waals surface area contributed by atoms with Crippen LogP contribution in [0.5, 0.6) is 0 Å². The van der Waals surface area contributed by atoms with Crippen molar-refractivity contribution in [1.82, 2.24) is 0 Å². The second-order valence-electron chi connectivity index (χ2n) is 4.57. The first-order chi connectivity index (χ1) is 9.03. The van der Waals surface area contributed by atoms with Gasteiger partial charge < -0.3 is 5.11 Å². The van der Waals surface area contributed by atoms with Gasteiger partial charge in [-0.15, -0.1) is 0 Å². The topological polar surface area (TPSA) is 57.6 Å². The third kappa shape index (κ3) is 3.28. The van der Waals surface area contributed by atoms with Crippen LogP contribution < -0.4 is 4.31 Å². The van der Waals surface area contributed by atoms with Crippen molar-refractivity contribution in [3.63, 3.8) is 0 Å². The van der Waals surface area contributed by atoms with Gasteiger partial charge >= 0.3 is 0 Å². The number of rotatable bonds is 2. The second kappa shape index (κ2) is 5.64. The average molecular weight is 279 g/mol. The maximum Gasteiger partial charge on any atom is 0.235 e. The van der Waals surface area contributed by atoms with Crippen LogP contribution in [0.2, 0.25) is 0 Å². The molecule has 1 aliphatic heterocycles. The van der Waals surface area contributed by atoms with Crippen molar-refractivity contribution in [2.24, 2.45) is 0 Å². The molecule has 5 heteroatoms. The number of benzene rings is 1. The summed E-state index contributed by atoms with van der Waals surface area (Å²) in [5.41, 5.74) is 2.45. The van der Waals surface area contributed by atoms with Crippen LogP contribution >= 0.6 is 0 Å². The molecule has 19 heavy (non-hydrogen) atoms. The lowest BCUT2D eigenvalue weighted by Crippen LogP contribution is -2.25. The number of aryl methyl sites for hydroxylation is 1. The van der Waals surface area contributed by atoms with Crippen LogP contribution in [-0.4, -0.2) is 32.4 Å². The van der Waals surface area contributed by atoms with Gasteiger partial charge in [-0.05, 0) is 37.1 Å².